The molecule has 0 aliphatic heterocycles. The minimum Gasteiger partial charge on any atom is -0.337 e. The molecule has 0 bridgehead atoms. The average molecular weight is 511 g/mol. The Morgan fingerprint density at radius 2 is 1.41 bits per heavy atom. The van der Waals surface area contributed by atoms with Gasteiger partial charge in [-0.2, -0.15) is 39.5 Å². The third kappa shape index (κ3) is 4.52. The first kappa shape index (κ1) is 23.8. The lowest BCUT2D eigenvalue weighted by atomic mass is 10.1. The summed E-state index contributed by atoms with van der Waals surface area (Å²) < 4.78 is 118. The van der Waals surface area contributed by atoms with E-state index >= 15 is 0 Å². The Bertz CT molecular complexity index is 1370. The van der Waals surface area contributed by atoms with Crippen LogP contribution in [-0.2, 0) is 18.5 Å². The third-order valence-electron chi connectivity index (χ3n) is 4.67. The van der Waals surface area contributed by atoms with Crippen molar-refractivity contribution in [3.05, 3.63) is 64.4 Å². The molecule has 0 saturated heterocycles. The molecule has 4 nitrogen and oxygen atoms in total. The number of halogens is 10. The van der Waals surface area contributed by atoms with Gasteiger partial charge < -0.3 is 4.98 Å². The summed E-state index contributed by atoms with van der Waals surface area (Å²) >= 11 is 5.88. The fourth-order valence-corrected chi connectivity index (χ4v) is 3.37. The first-order chi connectivity index (χ1) is 15.6. The Morgan fingerprint density at radius 1 is 0.735 bits per heavy atom. The van der Waals surface area contributed by atoms with E-state index < -0.39 is 46.3 Å². The lowest BCUT2D eigenvalue weighted by Gasteiger charge is -2.11. The highest BCUT2D eigenvalue weighted by atomic mass is 35.5. The summed E-state index contributed by atoms with van der Waals surface area (Å²) in [5.41, 5.74) is -5.26. The molecular weight excluding hydrogens is 503 g/mol. The second-order valence-electron chi connectivity index (χ2n) is 6.99. The molecule has 0 fully saturated rings. The molecule has 0 aliphatic rings. The van der Waals surface area contributed by atoms with Gasteiger partial charge in [0.05, 0.1) is 32.9 Å². The molecule has 14 heteroatoms. The van der Waals surface area contributed by atoms with Crippen LogP contribution in [0.25, 0.3) is 33.8 Å². The minimum absolute atomic E-state index is 0.0260. The highest BCUT2D eigenvalue weighted by Gasteiger charge is 2.39. The number of nitrogens with zero attached hydrogens (tertiary/aromatic N) is 3. The molecule has 4 rings (SSSR count). The molecule has 34 heavy (non-hydrogen) atoms. The van der Waals surface area contributed by atoms with Crippen LogP contribution in [0.15, 0.2) is 42.7 Å². The quantitative estimate of drug-likeness (QED) is 0.286. The van der Waals surface area contributed by atoms with Crippen molar-refractivity contribution in [3.63, 3.8) is 0 Å². The van der Waals surface area contributed by atoms with Crippen LogP contribution >= 0.6 is 11.6 Å². The van der Waals surface area contributed by atoms with Crippen LogP contribution in [0.3, 0.4) is 0 Å². The molecule has 0 radical (unpaired) electrons. The van der Waals surface area contributed by atoms with E-state index in [1.165, 1.54) is 12.1 Å². The van der Waals surface area contributed by atoms with Crippen molar-refractivity contribution in [3.8, 4) is 22.8 Å². The van der Waals surface area contributed by atoms with Gasteiger partial charge in [0, 0.05) is 18.0 Å². The second kappa shape index (κ2) is 7.86. The highest BCUT2D eigenvalue weighted by molar-refractivity contribution is 6.33. The maximum absolute atomic E-state index is 13.4. The zero-order chi connectivity index (χ0) is 25.1. The van der Waals surface area contributed by atoms with E-state index in [9.17, 15) is 39.5 Å². The Kier molecular flexibility index (Phi) is 5.50. The van der Waals surface area contributed by atoms with Crippen molar-refractivity contribution in [2.24, 2.45) is 0 Å². The van der Waals surface area contributed by atoms with Crippen LogP contribution in [-0.4, -0.2) is 19.9 Å². The van der Waals surface area contributed by atoms with Crippen LogP contribution < -0.4 is 0 Å². The molecule has 0 amide bonds. The van der Waals surface area contributed by atoms with Gasteiger partial charge in [0.2, 0.25) is 0 Å². The zero-order valence-electron chi connectivity index (χ0n) is 16.2. The number of nitrogens with one attached hydrogen (secondary N) is 1. The predicted octanol–water partition coefficient (Wildman–Crippen LogP) is 7.40. The number of fused-ring (bicyclic) bond motifs is 1. The van der Waals surface area contributed by atoms with E-state index in [0.29, 0.717) is 18.3 Å². The molecule has 3 aromatic heterocycles. The monoisotopic (exact) mass is 510 g/mol. The molecule has 1 aromatic carbocycles. The summed E-state index contributed by atoms with van der Waals surface area (Å²) in [6.45, 7) is 0. The predicted molar refractivity (Wildman–Crippen MR) is 103 cm³/mol. The van der Waals surface area contributed by atoms with E-state index in [4.69, 9.17) is 11.6 Å². The van der Waals surface area contributed by atoms with Crippen LogP contribution in [0, 0.1) is 0 Å². The summed E-state index contributed by atoms with van der Waals surface area (Å²) in [4.78, 5) is 13.8. The highest BCUT2D eigenvalue weighted by Crippen LogP contribution is 2.40. The first-order valence-electron chi connectivity index (χ1n) is 9.02. The molecule has 0 unspecified atom stereocenters. The number of imidazole rings is 1. The number of rotatable bonds is 2. The van der Waals surface area contributed by atoms with Gasteiger partial charge in [-0.05, 0) is 30.3 Å². The molecular formula is C20H8ClF9N4. The third-order valence-corrected chi connectivity index (χ3v) is 4.96. The summed E-state index contributed by atoms with van der Waals surface area (Å²) in [7, 11) is 0. The Morgan fingerprint density at radius 3 is 1.94 bits per heavy atom. The van der Waals surface area contributed by atoms with E-state index in [1.807, 2.05) is 0 Å². The lowest BCUT2D eigenvalue weighted by Crippen LogP contribution is -2.11. The van der Waals surface area contributed by atoms with Gasteiger partial charge >= 0.3 is 18.5 Å². The molecule has 0 aliphatic carbocycles. The van der Waals surface area contributed by atoms with Gasteiger partial charge in [-0.1, -0.05) is 11.6 Å². The fourth-order valence-electron chi connectivity index (χ4n) is 3.10. The van der Waals surface area contributed by atoms with Crippen LogP contribution in [0.1, 0.15) is 16.7 Å². The van der Waals surface area contributed by atoms with E-state index in [2.05, 4.69) is 19.9 Å². The number of aromatic nitrogens is 4. The fraction of sp³-hybridized carbons (Fsp3) is 0.150. The molecule has 178 valence electrons. The van der Waals surface area contributed by atoms with Crippen LogP contribution in [0.4, 0.5) is 39.5 Å². The van der Waals surface area contributed by atoms with Crippen LogP contribution in [0.5, 0.6) is 0 Å². The number of hydrogen-bond donors (Lipinski definition) is 1. The zero-order valence-corrected chi connectivity index (χ0v) is 16.9. The van der Waals surface area contributed by atoms with Gasteiger partial charge in [0.25, 0.3) is 0 Å². The Balaban J connectivity index is 1.75. The number of alkyl halides is 9. The summed E-state index contributed by atoms with van der Waals surface area (Å²) in [6, 6.07) is 3.72. The van der Waals surface area contributed by atoms with Crippen molar-refractivity contribution < 1.29 is 39.5 Å². The molecule has 0 atom stereocenters. The molecule has 0 spiro atoms. The topological polar surface area (TPSA) is 54.5 Å². The maximum Gasteiger partial charge on any atom is 0.418 e. The SMILES string of the molecule is FC(F)(F)c1cnc(-c2ccc(-c3nc4c(C(F)(F)F)cc(C(F)(F)F)cc4[nH]3)nc2)c(Cl)c1. The minimum atomic E-state index is -5.10. The molecule has 0 saturated carbocycles. The second-order valence-corrected chi connectivity index (χ2v) is 7.39. The summed E-state index contributed by atoms with van der Waals surface area (Å²) in [6.07, 6.45) is -13.1. The van der Waals surface area contributed by atoms with Crippen molar-refractivity contribution in [2.75, 3.05) is 0 Å². The largest absolute Gasteiger partial charge is 0.418 e. The van der Waals surface area contributed by atoms with Crippen molar-refractivity contribution >= 4 is 22.6 Å². The summed E-state index contributed by atoms with van der Waals surface area (Å²) in [5, 5.41) is -0.317. The standard InChI is InChI=1S/C20H8ClF9N4/c21-12-4-10(19(25,26)27)7-32-15(12)8-1-2-13(31-6-8)17-33-14-5-9(18(22,23)24)3-11(16(14)34-17)20(28,29)30/h1-7H,(H,33,34). The maximum atomic E-state index is 13.4. The Hall–Kier alpha value is -3.35. The Labute approximate surface area is 188 Å². The number of hydrogen-bond acceptors (Lipinski definition) is 3. The molecule has 4 aromatic rings. The van der Waals surface area contributed by atoms with Gasteiger partial charge in [-0.3, -0.25) is 9.97 Å². The van der Waals surface area contributed by atoms with Crippen molar-refractivity contribution in [2.45, 2.75) is 18.5 Å². The van der Waals surface area contributed by atoms with E-state index in [0.717, 1.165) is 6.20 Å². The van der Waals surface area contributed by atoms with E-state index in [-0.39, 0.29) is 33.9 Å². The number of aromatic amines is 1. The molecule has 3 heterocycles. The first-order valence-corrected chi connectivity index (χ1v) is 9.40. The van der Waals surface area contributed by atoms with Gasteiger partial charge in [-0.15, -0.1) is 0 Å². The van der Waals surface area contributed by atoms with Crippen molar-refractivity contribution in [1.82, 2.24) is 19.9 Å². The number of pyridine rings is 2. The van der Waals surface area contributed by atoms with Gasteiger partial charge in [0.15, 0.2) is 5.82 Å². The van der Waals surface area contributed by atoms with Crippen LogP contribution in [0.2, 0.25) is 5.02 Å². The number of benzene rings is 1. The van der Waals surface area contributed by atoms with E-state index in [1.54, 1.807) is 0 Å². The lowest BCUT2D eigenvalue weighted by molar-refractivity contribution is -0.142. The van der Waals surface area contributed by atoms with Gasteiger partial charge in [-0.25, -0.2) is 4.98 Å². The number of H-pyrrole nitrogens is 1. The average Bonchev–Trinajstić information content (AvgIpc) is 3.15. The smallest absolute Gasteiger partial charge is 0.337 e. The normalized spacial score (nSPS) is 13.0. The van der Waals surface area contributed by atoms with Crippen molar-refractivity contribution in [1.29, 1.82) is 0 Å². The molecule has 1 N–H and O–H groups in total. The summed E-state index contributed by atoms with van der Waals surface area (Å²) in [5.74, 6) is -0.252. The van der Waals surface area contributed by atoms with Gasteiger partial charge in [0.1, 0.15) is 11.2 Å².